The van der Waals surface area contributed by atoms with Gasteiger partial charge in [-0.05, 0) is 13.3 Å². The van der Waals surface area contributed by atoms with Crippen LogP contribution in [0.15, 0.2) is 15.4 Å². The van der Waals surface area contributed by atoms with E-state index in [-0.39, 0.29) is 23.7 Å². The summed E-state index contributed by atoms with van der Waals surface area (Å²) in [6.45, 7) is 3.42. The number of furan rings is 1. The lowest BCUT2D eigenvalue weighted by Crippen LogP contribution is -2.32. The average Bonchev–Trinajstić information content (AvgIpc) is 2.72. The first-order valence-corrected chi connectivity index (χ1v) is 7.06. The molecule has 0 radical (unpaired) electrons. The molecule has 0 saturated heterocycles. The fraction of sp³-hybridized carbons (Fsp3) is 0.417. The molecule has 0 bridgehead atoms. The van der Waals surface area contributed by atoms with E-state index >= 15 is 0 Å². The Hall–Kier alpha value is -1.78. The van der Waals surface area contributed by atoms with Gasteiger partial charge in [-0.2, -0.15) is 4.31 Å². The van der Waals surface area contributed by atoms with E-state index in [1.807, 2.05) is 6.92 Å². The summed E-state index contributed by atoms with van der Waals surface area (Å²) in [5, 5.41) is 8.80. The van der Waals surface area contributed by atoms with Crippen molar-refractivity contribution in [2.45, 2.75) is 25.2 Å². The fourth-order valence-corrected chi connectivity index (χ4v) is 3.21. The molecule has 0 aliphatic rings. The number of carboxylic acids is 1. The van der Waals surface area contributed by atoms with Crippen molar-refractivity contribution in [2.24, 2.45) is 0 Å². The third-order valence-corrected chi connectivity index (χ3v) is 4.39. The predicted molar refractivity (Wildman–Crippen MR) is 68.3 cm³/mol. The van der Waals surface area contributed by atoms with Crippen LogP contribution in [0.4, 0.5) is 0 Å². The molecule has 0 aliphatic carbocycles. The van der Waals surface area contributed by atoms with Crippen LogP contribution in [0, 0.1) is 19.3 Å². The molecule has 19 heavy (non-hydrogen) atoms. The van der Waals surface area contributed by atoms with E-state index in [4.69, 9.17) is 15.9 Å². The number of sulfonamides is 1. The number of aryl methyl sites for hydroxylation is 1. The van der Waals surface area contributed by atoms with Gasteiger partial charge in [-0.3, -0.25) is 0 Å². The van der Waals surface area contributed by atoms with E-state index in [1.165, 1.54) is 6.92 Å². The zero-order valence-corrected chi connectivity index (χ0v) is 11.5. The minimum atomic E-state index is -3.83. The SMILES string of the molecule is C#CCN(CCC)S(=O)(=O)c1cc(C(=O)O)oc1C. The van der Waals surface area contributed by atoms with Gasteiger partial charge in [0.25, 0.3) is 0 Å². The quantitative estimate of drug-likeness (QED) is 0.796. The molecule has 0 fully saturated rings. The molecule has 7 heteroatoms. The fourth-order valence-electron chi connectivity index (χ4n) is 1.60. The molecule has 1 N–H and O–H groups in total. The third kappa shape index (κ3) is 3.16. The first-order chi connectivity index (χ1) is 8.84. The molecule has 1 aromatic rings. The second-order valence-electron chi connectivity index (χ2n) is 3.88. The molecule has 0 aromatic carbocycles. The van der Waals surface area contributed by atoms with Crippen molar-refractivity contribution in [1.29, 1.82) is 0 Å². The Balaban J connectivity index is 3.25. The number of hydrogen-bond acceptors (Lipinski definition) is 4. The van der Waals surface area contributed by atoms with E-state index < -0.39 is 21.8 Å². The zero-order valence-electron chi connectivity index (χ0n) is 10.7. The molecule has 1 heterocycles. The molecular weight excluding hydrogens is 270 g/mol. The van der Waals surface area contributed by atoms with Crippen LogP contribution in [0.25, 0.3) is 0 Å². The summed E-state index contributed by atoms with van der Waals surface area (Å²) in [4.78, 5) is 10.6. The summed E-state index contributed by atoms with van der Waals surface area (Å²) in [6, 6.07) is 1.01. The van der Waals surface area contributed by atoms with Crippen LogP contribution in [0.2, 0.25) is 0 Å². The molecular formula is C12H15NO5S. The van der Waals surface area contributed by atoms with E-state index in [0.29, 0.717) is 6.42 Å². The van der Waals surface area contributed by atoms with Gasteiger partial charge in [-0.25, -0.2) is 13.2 Å². The summed E-state index contributed by atoms with van der Waals surface area (Å²) in [6.07, 6.45) is 5.75. The minimum Gasteiger partial charge on any atom is -0.475 e. The van der Waals surface area contributed by atoms with Crippen molar-refractivity contribution in [3.05, 3.63) is 17.6 Å². The molecule has 0 spiro atoms. The normalized spacial score (nSPS) is 11.5. The number of aromatic carboxylic acids is 1. The van der Waals surface area contributed by atoms with Gasteiger partial charge in [-0.1, -0.05) is 12.8 Å². The Morgan fingerprint density at radius 1 is 1.58 bits per heavy atom. The van der Waals surface area contributed by atoms with E-state index in [0.717, 1.165) is 10.4 Å². The van der Waals surface area contributed by atoms with Crippen molar-refractivity contribution in [3.63, 3.8) is 0 Å². The van der Waals surface area contributed by atoms with Crippen LogP contribution >= 0.6 is 0 Å². The molecule has 0 atom stereocenters. The number of terminal acetylenes is 1. The van der Waals surface area contributed by atoms with E-state index in [1.54, 1.807) is 0 Å². The number of carboxylic acid groups (broad SMARTS) is 1. The monoisotopic (exact) mass is 285 g/mol. The Kier molecular flexibility index (Phi) is 4.75. The lowest BCUT2D eigenvalue weighted by atomic mass is 10.4. The van der Waals surface area contributed by atoms with Crippen molar-refractivity contribution in [2.75, 3.05) is 13.1 Å². The highest BCUT2D eigenvalue weighted by molar-refractivity contribution is 7.89. The van der Waals surface area contributed by atoms with E-state index in [9.17, 15) is 13.2 Å². The topological polar surface area (TPSA) is 87.8 Å². The van der Waals surface area contributed by atoms with Crippen LogP contribution in [0.5, 0.6) is 0 Å². The Morgan fingerprint density at radius 2 is 2.21 bits per heavy atom. The number of nitrogens with zero attached hydrogens (tertiary/aromatic N) is 1. The van der Waals surface area contributed by atoms with Gasteiger partial charge in [-0.15, -0.1) is 6.42 Å². The molecule has 1 aromatic heterocycles. The van der Waals surface area contributed by atoms with Crippen molar-refractivity contribution < 1.29 is 22.7 Å². The van der Waals surface area contributed by atoms with Gasteiger partial charge in [0.15, 0.2) is 0 Å². The lowest BCUT2D eigenvalue weighted by Gasteiger charge is -2.18. The molecule has 0 amide bonds. The van der Waals surface area contributed by atoms with Crippen molar-refractivity contribution in [3.8, 4) is 12.3 Å². The Labute approximate surface area is 112 Å². The molecule has 1 rings (SSSR count). The number of hydrogen-bond donors (Lipinski definition) is 1. The van der Waals surface area contributed by atoms with Crippen molar-refractivity contribution >= 4 is 16.0 Å². The largest absolute Gasteiger partial charge is 0.475 e. The van der Waals surface area contributed by atoms with Crippen LogP contribution in [0.3, 0.4) is 0 Å². The first-order valence-electron chi connectivity index (χ1n) is 5.62. The van der Waals surface area contributed by atoms with Crippen LogP contribution < -0.4 is 0 Å². The highest BCUT2D eigenvalue weighted by Gasteiger charge is 2.29. The first kappa shape index (κ1) is 15.3. The lowest BCUT2D eigenvalue weighted by molar-refractivity contribution is 0.0661. The molecule has 6 nitrogen and oxygen atoms in total. The second kappa shape index (κ2) is 5.91. The maximum atomic E-state index is 12.3. The van der Waals surface area contributed by atoms with Crippen LogP contribution in [0.1, 0.15) is 29.7 Å². The number of rotatable bonds is 6. The maximum Gasteiger partial charge on any atom is 0.371 e. The maximum absolute atomic E-state index is 12.3. The van der Waals surface area contributed by atoms with Gasteiger partial charge in [0.2, 0.25) is 15.8 Å². The highest BCUT2D eigenvalue weighted by atomic mass is 32.2. The predicted octanol–water partition coefficient (Wildman–Crippen LogP) is 1.32. The number of carbonyl (C=O) groups is 1. The summed E-state index contributed by atoms with van der Waals surface area (Å²) < 4.78 is 30.7. The standard InChI is InChI=1S/C12H15NO5S/c1-4-6-13(7-5-2)19(16,17)11-8-10(12(14)15)18-9(11)3/h1,8H,5-7H2,2-3H3,(H,14,15). The summed E-state index contributed by atoms with van der Waals surface area (Å²) in [7, 11) is -3.83. The van der Waals surface area contributed by atoms with E-state index in [2.05, 4.69) is 5.92 Å². The smallest absolute Gasteiger partial charge is 0.371 e. The minimum absolute atomic E-state index is 0.0375. The van der Waals surface area contributed by atoms with Gasteiger partial charge in [0.1, 0.15) is 10.7 Å². The van der Waals surface area contributed by atoms with Gasteiger partial charge >= 0.3 is 5.97 Å². The molecule has 0 saturated carbocycles. The average molecular weight is 285 g/mol. The molecule has 0 unspecified atom stereocenters. The Morgan fingerprint density at radius 3 is 2.63 bits per heavy atom. The summed E-state index contributed by atoms with van der Waals surface area (Å²) in [5.41, 5.74) is 0. The van der Waals surface area contributed by atoms with Gasteiger partial charge in [0.05, 0.1) is 6.54 Å². The second-order valence-corrected chi connectivity index (χ2v) is 5.79. The van der Waals surface area contributed by atoms with Gasteiger partial charge < -0.3 is 9.52 Å². The molecule has 104 valence electrons. The summed E-state index contributed by atoms with van der Waals surface area (Å²) in [5.74, 6) is 0.590. The van der Waals surface area contributed by atoms with Crippen molar-refractivity contribution in [1.82, 2.24) is 4.31 Å². The van der Waals surface area contributed by atoms with Crippen LogP contribution in [-0.4, -0.2) is 36.9 Å². The Bertz CT molecular complexity index is 609. The van der Waals surface area contributed by atoms with Crippen LogP contribution in [-0.2, 0) is 10.0 Å². The zero-order chi connectivity index (χ0) is 14.6. The highest BCUT2D eigenvalue weighted by Crippen LogP contribution is 2.23. The molecule has 0 aliphatic heterocycles. The van der Waals surface area contributed by atoms with Gasteiger partial charge in [0, 0.05) is 12.6 Å². The summed E-state index contributed by atoms with van der Waals surface area (Å²) >= 11 is 0. The third-order valence-electron chi connectivity index (χ3n) is 2.44.